The summed E-state index contributed by atoms with van der Waals surface area (Å²) in [5.74, 6) is 0.655. The highest BCUT2D eigenvalue weighted by Crippen LogP contribution is 2.25. The van der Waals surface area contributed by atoms with Gasteiger partial charge >= 0.3 is 0 Å². The standard InChI is InChI=1S/C16H17N3/c1-4-18-16-13(10-17)6-8-15(19-16)14-7-5-11(2)9-12(14)3/h5-9H,4H2,1-3H3,(H,18,19). The second-order valence-corrected chi connectivity index (χ2v) is 4.55. The van der Waals surface area contributed by atoms with Crippen molar-refractivity contribution in [2.24, 2.45) is 0 Å². The third-order valence-electron chi connectivity index (χ3n) is 3.02. The molecule has 0 spiro atoms. The second kappa shape index (κ2) is 5.53. The van der Waals surface area contributed by atoms with Crippen molar-refractivity contribution in [1.82, 2.24) is 4.98 Å². The van der Waals surface area contributed by atoms with Crippen LogP contribution >= 0.6 is 0 Å². The minimum absolute atomic E-state index is 0.579. The zero-order chi connectivity index (χ0) is 13.8. The second-order valence-electron chi connectivity index (χ2n) is 4.55. The number of aryl methyl sites for hydroxylation is 2. The number of benzene rings is 1. The van der Waals surface area contributed by atoms with E-state index in [9.17, 15) is 0 Å². The summed E-state index contributed by atoms with van der Waals surface area (Å²) in [5, 5.41) is 12.2. The molecule has 3 heteroatoms. The predicted molar refractivity (Wildman–Crippen MR) is 78.0 cm³/mol. The van der Waals surface area contributed by atoms with Crippen molar-refractivity contribution < 1.29 is 0 Å². The van der Waals surface area contributed by atoms with Crippen molar-refractivity contribution in [2.75, 3.05) is 11.9 Å². The number of nitrogens with zero attached hydrogens (tertiary/aromatic N) is 2. The quantitative estimate of drug-likeness (QED) is 0.905. The van der Waals surface area contributed by atoms with Crippen LogP contribution in [-0.4, -0.2) is 11.5 Å². The molecule has 3 nitrogen and oxygen atoms in total. The Morgan fingerprint density at radius 1 is 1.21 bits per heavy atom. The minimum Gasteiger partial charge on any atom is -0.369 e. The van der Waals surface area contributed by atoms with Gasteiger partial charge in [0.25, 0.3) is 0 Å². The third-order valence-corrected chi connectivity index (χ3v) is 3.02. The van der Waals surface area contributed by atoms with Crippen molar-refractivity contribution in [3.05, 3.63) is 47.0 Å². The molecule has 1 N–H and O–H groups in total. The number of pyridine rings is 1. The Labute approximate surface area is 113 Å². The maximum Gasteiger partial charge on any atom is 0.144 e. The van der Waals surface area contributed by atoms with E-state index < -0.39 is 0 Å². The molecule has 0 bridgehead atoms. The van der Waals surface area contributed by atoms with Crippen LogP contribution in [0.15, 0.2) is 30.3 Å². The van der Waals surface area contributed by atoms with E-state index in [4.69, 9.17) is 5.26 Å². The number of hydrogen-bond acceptors (Lipinski definition) is 3. The van der Waals surface area contributed by atoms with Crippen LogP contribution in [0.25, 0.3) is 11.3 Å². The first-order valence-electron chi connectivity index (χ1n) is 6.38. The Morgan fingerprint density at radius 3 is 2.63 bits per heavy atom. The summed E-state index contributed by atoms with van der Waals surface area (Å²) in [5.41, 5.74) is 5.01. The molecule has 0 amide bonds. The normalized spacial score (nSPS) is 10.0. The molecular weight excluding hydrogens is 234 g/mol. The molecule has 1 aromatic carbocycles. The lowest BCUT2D eigenvalue weighted by molar-refractivity contribution is 1.15. The summed E-state index contributed by atoms with van der Waals surface area (Å²) < 4.78 is 0. The van der Waals surface area contributed by atoms with Gasteiger partial charge in [0.15, 0.2) is 0 Å². The molecule has 0 radical (unpaired) electrons. The molecule has 0 saturated heterocycles. The molecule has 19 heavy (non-hydrogen) atoms. The number of rotatable bonds is 3. The van der Waals surface area contributed by atoms with Crippen LogP contribution < -0.4 is 5.32 Å². The van der Waals surface area contributed by atoms with Gasteiger partial charge in [0.05, 0.1) is 11.3 Å². The zero-order valence-corrected chi connectivity index (χ0v) is 11.5. The average molecular weight is 251 g/mol. The van der Waals surface area contributed by atoms with Crippen molar-refractivity contribution >= 4 is 5.82 Å². The van der Waals surface area contributed by atoms with Crippen LogP contribution in [0.1, 0.15) is 23.6 Å². The van der Waals surface area contributed by atoms with E-state index in [1.54, 1.807) is 0 Å². The lowest BCUT2D eigenvalue weighted by Gasteiger charge is -2.10. The third kappa shape index (κ3) is 2.74. The number of nitrogens with one attached hydrogen (secondary N) is 1. The first-order valence-corrected chi connectivity index (χ1v) is 6.38. The SMILES string of the molecule is CCNc1nc(-c2ccc(C)cc2C)ccc1C#N. The fourth-order valence-electron chi connectivity index (χ4n) is 2.10. The summed E-state index contributed by atoms with van der Waals surface area (Å²) in [6.07, 6.45) is 0. The molecule has 0 fully saturated rings. The average Bonchev–Trinajstić information content (AvgIpc) is 2.39. The Bertz CT molecular complexity index is 639. The van der Waals surface area contributed by atoms with Gasteiger partial charge in [0.2, 0.25) is 0 Å². The monoisotopic (exact) mass is 251 g/mol. The van der Waals surface area contributed by atoms with Gasteiger partial charge in [-0.3, -0.25) is 0 Å². The van der Waals surface area contributed by atoms with E-state index in [1.807, 2.05) is 19.1 Å². The Morgan fingerprint density at radius 2 is 2.00 bits per heavy atom. The van der Waals surface area contributed by atoms with Gasteiger partial charge in [-0.2, -0.15) is 5.26 Å². The van der Waals surface area contributed by atoms with Crippen LogP contribution in [0.5, 0.6) is 0 Å². The molecule has 0 unspecified atom stereocenters. The van der Waals surface area contributed by atoms with Crippen molar-refractivity contribution in [3.8, 4) is 17.3 Å². The highest BCUT2D eigenvalue weighted by atomic mass is 15.0. The molecular formula is C16H17N3. The summed E-state index contributed by atoms with van der Waals surface area (Å²) >= 11 is 0. The molecule has 0 atom stereocenters. The number of nitriles is 1. The van der Waals surface area contributed by atoms with Crippen LogP contribution in [0.2, 0.25) is 0 Å². The highest BCUT2D eigenvalue weighted by Gasteiger charge is 2.08. The molecule has 1 aromatic heterocycles. The molecule has 0 aliphatic heterocycles. The molecule has 2 aromatic rings. The van der Waals surface area contributed by atoms with Crippen molar-refractivity contribution in [1.29, 1.82) is 5.26 Å². The minimum atomic E-state index is 0.579. The van der Waals surface area contributed by atoms with Crippen LogP contribution in [0.4, 0.5) is 5.82 Å². The lowest BCUT2D eigenvalue weighted by Crippen LogP contribution is -2.03. The molecule has 2 rings (SSSR count). The van der Waals surface area contributed by atoms with E-state index in [1.165, 1.54) is 11.1 Å². The topological polar surface area (TPSA) is 48.7 Å². The van der Waals surface area contributed by atoms with Gasteiger partial charge in [0, 0.05) is 12.1 Å². The Kier molecular flexibility index (Phi) is 3.82. The Hall–Kier alpha value is -2.34. The van der Waals surface area contributed by atoms with Gasteiger partial charge in [-0.1, -0.05) is 23.8 Å². The van der Waals surface area contributed by atoms with E-state index in [0.29, 0.717) is 11.4 Å². The maximum absolute atomic E-state index is 9.07. The first kappa shape index (κ1) is 13.1. The largest absolute Gasteiger partial charge is 0.369 e. The van der Waals surface area contributed by atoms with Gasteiger partial charge in [-0.15, -0.1) is 0 Å². The fraction of sp³-hybridized carbons (Fsp3) is 0.250. The molecule has 1 heterocycles. The van der Waals surface area contributed by atoms with Gasteiger partial charge < -0.3 is 5.32 Å². The Balaban J connectivity index is 2.51. The van der Waals surface area contributed by atoms with Gasteiger partial charge in [0.1, 0.15) is 11.9 Å². The maximum atomic E-state index is 9.07. The van der Waals surface area contributed by atoms with Crippen molar-refractivity contribution in [3.63, 3.8) is 0 Å². The van der Waals surface area contributed by atoms with E-state index >= 15 is 0 Å². The zero-order valence-electron chi connectivity index (χ0n) is 11.5. The van der Waals surface area contributed by atoms with E-state index in [2.05, 4.69) is 48.4 Å². The molecule has 0 aliphatic carbocycles. The predicted octanol–water partition coefficient (Wildman–Crippen LogP) is 3.67. The van der Waals surface area contributed by atoms with Crippen molar-refractivity contribution in [2.45, 2.75) is 20.8 Å². The lowest BCUT2D eigenvalue weighted by atomic mass is 10.0. The summed E-state index contributed by atoms with van der Waals surface area (Å²) in [4.78, 5) is 4.56. The number of hydrogen-bond donors (Lipinski definition) is 1. The van der Waals surface area contributed by atoms with Gasteiger partial charge in [-0.05, 0) is 38.5 Å². The van der Waals surface area contributed by atoms with Gasteiger partial charge in [-0.25, -0.2) is 4.98 Å². The first-order chi connectivity index (χ1) is 9.15. The molecule has 0 saturated carbocycles. The van der Waals surface area contributed by atoms with Crippen LogP contribution in [-0.2, 0) is 0 Å². The molecule has 96 valence electrons. The van der Waals surface area contributed by atoms with E-state index in [-0.39, 0.29) is 0 Å². The summed E-state index contributed by atoms with van der Waals surface area (Å²) in [7, 11) is 0. The highest BCUT2D eigenvalue weighted by molar-refractivity contribution is 5.67. The van der Waals surface area contributed by atoms with E-state index in [0.717, 1.165) is 17.8 Å². The number of anilines is 1. The smallest absolute Gasteiger partial charge is 0.144 e. The fourth-order valence-corrected chi connectivity index (χ4v) is 2.10. The van der Waals surface area contributed by atoms with Crippen LogP contribution in [0.3, 0.4) is 0 Å². The molecule has 0 aliphatic rings. The number of aromatic nitrogens is 1. The van der Waals surface area contributed by atoms with Crippen LogP contribution in [0, 0.1) is 25.2 Å². The summed E-state index contributed by atoms with van der Waals surface area (Å²) in [6, 6.07) is 12.2. The summed E-state index contributed by atoms with van der Waals surface area (Å²) in [6.45, 7) is 6.90.